The van der Waals surface area contributed by atoms with Crippen molar-refractivity contribution < 1.29 is 19.4 Å². The van der Waals surface area contributed by atoms with Crippen LogP contribution in [0.3, 0.4) is 0 Å². The third-order valence-corrected chi connectivity index (χ3v) is 3.88. The number of hydrogen-bond donors (Lipinski definition) is 1. The Hall–Kier alpha value is -2.61. The fourth-order valence-electron chi connectivity index (χ4n) is 2.29. The molecule has 22 heavy (non-hydrogen) atoms. The zero-order chi connectivity index (χ0) is 15.3. The SMILES string of the molecule is O=C(O)c1cc(-c2ccc3c(c2)OCO3)nc2c(Br)cnn12. The summed E-state index contributed by atoms with van der Waals surface area (Å²) in [5.41, 5.74) is 1.72. The molecule has 0 bridgehead atoms. The molecule has 0 aliphatic carbocycles. The fourth-order valence-corrected chi connectivity index (χ4v) is 2.64. The number of ether oxygens (including phenoxy) is 2. The summed E-state index contributed by atoms with van der Waals surface area (Å²) in [6.45, 7) is 0.180. The van der Waals surface area contributed by atoms with Gasteiger partial charge in [0, 0.05) is 5.56 Å². The lowest BCUT2D eigenvalue weighted by Gasteiger charge is -2.06. The molecule has 4 rings (SSSR count). The molecule has 0 atom stereocenters. The molecule has 0 unspecified atom stereocenters. The van der Waals surface area contributed by atoms with E-state index in [0.29, 0.717) is 27.3 Å². The van der Waals surface area contributed by atoms with Crippen molar-refractivity contribution in [3.63, 3.8) is 0 Å². The molecule has 0 fully saturated rings. The first-order valence-electron chi connectivity index (χ1n) is 6.31. The van der Waals surface area contributed by atoms with Crippen LogP contribution in [0.25, 0.3) is 16.9 Å². The molecule has 110 valence electrons. The predicted octanol–water partition coefficient (Wildman–Crippen LogP) is 2.59. The third kappa shape index (κ3) is 1.92. The van der Waals surface area contributed by atoms with Gasteiger partial charge in [0.2, 0.25) is 6.79 Å². The summed E-state index contributed by atoms with van der Waals surface area (Å²) in [5, 5.41) is 13.4. The van der Waals surface area contributed by atoms with Gasteiger partial charge in [-0.05, 0) is 40.2 Å². The fraction of sp³-hybridized carbons (Fsp3) is 0.0714. The molecule has 0 radical (unpaired) electrons. The Labute approximate surface area is 132 Å². The van der Waals surface area contributed by atoms with Crippen molar-refractivity contribution in [1.82, 2.24) is 14.6 Å². The highest BCUT2D eigenvalue weighted by Gasteiger charge is 2.18. The summed E-state index contributed by atoms with van der Waals surface area (Å²) in [6, 6.07) is 6.83. The van der Waals surface area contributed by atoms with Crippen molar-refractivity contribution in [2.24, 2.45) is 0 Å². The molecule has 0 saturated heterocycles. The topological polar surface area (TPSA) is 86.0 Å². The van der Waals surface area contributed by atoms with E-state index in [1.807, 2.05) is 6.07 Å². The first kappa shape index (κ1) is 13.1. The molecule has 0 amide bonds. The van der Waals surface area contributed by atoms with Crippen LogP contribution in [0.5, 0.6) is 11.5 Å². The van der Waals surface area contributed by atoms with Gasteiger partial charge >= 0.3 is 5.97 Å². The van der Waals surface area contributed by atoms with Gasteiger partial charge in [-0.2, -0.15) is 5.10 Å². The first-order valence-corrected chi connectivity index (χ1v) is 7.10. The number of aromatic carboxylic acids is 1. The van der Waals surface area contributed by atoms with Gasteiger partial charge in [0.15, 0.2) is 22.8 Å². The number of hydrogen-bond acceptors (Lipinski definition) is 5. The van der Waals surface area contributed by atoms with E-state index in [4.69, 9.17) is 9.47 Å². The average molecular weight is 362 g/mol. The molecule has 3 aromatic rings. The molecular formula is C14H8BrN3O4. The van der Waals surface area contributed by atoms with Crippen LogP contribution in [-0.2, 0) is 0 Å². The van der Waals surface area contributed by atoms with E-state index in [0.717, 1.165) is 5.56 Å². The highest BCUT2D eigenvalue weighted by Crippen LogP contribution is 2.36. The van der Waals surface area contributed by atoms with Crippen molar-refractivity contribution in [3.05, 3.63) is 40.6 Å². The van der Waals surface area contributed by atoms with Crippen LogP contribution in [-0.4, -0.2) is 32.5 Å². The second-order valence-electron chi connectivity index (χ2n) is 4.63. The first-order chi connectivity index (χ1) is 10.6. The quantitative estimate of drug-likeness (QED) is 0.754. The normalized spacial score (nSPS) is 12.8. The molecule has 0 spiro atoms. The minimum Gasteiger partial charge on any atom is -0.477 e. The van der Waals surface area contributed by atoms with E-state index < -0.39 is 5.97 Å². The van der Waals surface area contributed by atoms with Crippen LogP contribution >= 0.6 is 15.9 Å². The standard InChI is InChI=1S/C14H8BrN3O4/c15-8-5-16-18-10(14(19)20)4-9(17-13(8)18)7-1-2-11-12(3-7)22-6-21-11/h1-5H,6H2,(H,19,20). The number of rotatable bonds is 2. The number of carboxylic acid groups (broad SMARTS) is 1. The molecule has 1 N–H and O–H groups in total. The third-order valence-electron chi connectivity index (χ3n) is 3.32. The zero-order valence-electron chi connectivity index (χ0n) is 11.0. The Morgan fingerprint density at radius 3 is 2.91 bits per heavy atom. The van der Waals surface area contributed by atoms with Gasteiger partial charge in [-0.25, -0.2) is 14.3 Å². The number of carboxylic acids is 1. The van der Waals surface area contributed by atoms with Gasteiger partial charge in [-0.3, -0.25) is 0 Å². The summed E-state index contributed by atoms with van der Waals surface area (Å²) < 4.78 is 12.5. The van der Waals surface area contributed by atoms with E-state index in [2.05, 4.69) is 26.0 Å². The molecule has 1 aliphatic rings. The second kappa shape index (κ2) is 4.70. The van der Waals surface area contributed by atoms with Gasteiger partial charge in [0.1, 0.15) is 0 Å². The van der Waals surface area contributed by atoms with Crippen molar-refractivity contribution in [2.45, 2.75) is 0 Å². The van der Waals surface area contributed by atoms with Crippen LogP contribution in [0.15, 0.2) is 34.9 Å². The molecule has 1 aliphatic heterocycles. The molecule has 3 heterocycles. The van der Waals surface area contributed by atoms with E-state index >= 15 is 0 Å². The number of benzene rings is 1. The van der Waals surface area contributed by atoms with Crippen molar-refractivity contribution in [2.75, 3.05) is 6.79 Å². The average Bonchev–Trinajstić information content (AvgIpc) is 3.12. The Morgan fingerprint density at radius 2 is 2.09 bits per heavy atom. The van der Waals surface area contributed by atoms with E-state index in [9.17, 15) is 9.90 Å². The number of carbonyl (C=O) groups is 1. The van der Waals surface area contributed by atoms with Gasteiger partial charge in [-0.1, -0.05) is 0 Å². The largest absolute Gasteiger partial charge is 0.477 e. The molecule has 8 heteroatoms. The minimum atomic E-state index is -1.08. The van der Waals surface area contributed by atoms with Crippen LogP contribution in [0.4, 0.5) is 0 Å². The highest BCUT2D eigenvalue weighted by atomic mass is 79.9. The molecule has 0 saturated carbocycles. The van der Waals surface area contributed by atoms with Crippen molar-refractivity contribution in [3.8, 4) is 22.8 Å². The van der Waals surface area contributed by atoms with Crippen LogP contribution in [0.2, 0.25) is 0 Å². The van der Waals surface area contributed by atoms with Gasteiger partial charge < -0.3 is 14.6 Å². The summed E-state index contributed by atoms with van der Waals surface area (Å²) in [6.07, 6.45) is 1.51. The van der Waals surface area contributed by atoms with Crippen LogP contribution in [0, 0.1) is 0 Å². The minimum absolute atomic E-state index is 0.0309. The van der Waals surface area contributed by atoms with Gasteiger partial charge in [0.05, 0.1) is 16.4 Å². The second-order valence-corrected chi connectivity index (χ2v) is 5.48. The smallest absolute Gasteiger partial charge is 0.354 e. The molecule has 2 aromatic heterocycles. The zero-order valence-corrected chi connectivity index (χ0v) is 12.6. The van der Waals surface area contributed by atoms with Gasteiger partial charge in [-0.15, -0.1) is 0 Å². The Bertz CT molecular complexity index is 922. The molecular weight excluding hydrogens is 354 g/mol. The maximum Gasteiger partial charge on any atom is 0.354 e. The number of fused-ring (bicyclic) bond motifs is 2. The summed E-state index contributed by atoms with van der Waals surface area (Å²) in [7, 11) is 0. The number of nitrogens with zero attached hydrogens (tertiary/aromatic N) is 3. The summed E-state index contributed by atoms with van der Waals surface area (Å²) >= 11 is 3.32. The molecule has 1 aromatic carbocycles. The van der Waals surface area contributed by atoms with Crippen LogP contribution < -0.4 is 9.47 Å². The maximum absolute atomic E-state index is 11.4. The Morgan fingerprint density at radius 1 is 1.27 bits per heavy atom. The van der Waals surface area contributed by atoms with Crippen molar-refractivity contribution in [1.29, 1.82) is 0 Å². The lowest BCUT2D eigenvalue weighted by molar-refractivity contribution is 0.0687. The Balaban J connectivity index is 1.95. The molecule has 7 nitrogen and oxygen atoms in total. The van der Waals surface area contributed by atoms with E-state index in [1.54, 1.807) is 12.1 Å². The number of halogens is 1. The number of aromatic nitrogens is 3. The lowest BCUT2D eigenvalue weighted by atomic mass is 10.1. The lowest BCUT2D eigenvalue weighted by Crippen LogP contribution is -2.08. The predicted molar refractivity (Wildman–Crippen MR) is 79.2 cm³/mol. The van der Waals surface area contributed by atoms with E-state index in [1.165, 1.54) is 16.8 Å². The summed E-state index contributed by atoms with van der Waals surface area (Å²) in [5.74, 6) is 0.197. The van der Waals surface area contributed by atoms with Gasteiger partial charge in [0.25, 0.3) is 0 Å². The summed E-state index contributed by atoms with van der Waals surface area (Å²) in [4.78, 5) is 15.9. The highest BCUT2D eigenvalue weighted by molar-refractivity contribution is 9.10. The maximum atomic E-state index is 11.4. The monoisotopic (exact) mass is 361 g/mol. The van der Waals surface area contributed by atoms with Crippen molar-refractivity contribution >= 4 is 27.5 Å². The Kier molecular flexibility index (Phi) is 2.80. The van der Waals surface area contributed by atoms with E-state index in [-0.39, 0.29) is 12.5 Å². The van der Waals surface area contributed by atoms with Crippen LogP contribution in [0.1, 0.15) is 10.5 Å².